The molecule has 2 rings (SSSR count). The number of fused-ring (bicyclic) bond motifs is 1. The minimum Gasteiger partial charge on any atom is -0.466 e. The van der Waals surface area contributed by atoms with E-state index in [-0.39, 0.29) is 12.5 Å². The number of nitrogens with zero attached hydrogens (tertiary/aromatic N) is 2. The van der Waals surface area contributed by atoms with Crippen LogP contribution in [-0.4, -0.2) is 24.1 Å². The molecule has 0 radical (unpaired) electrons. The molecular weight excluding hydrogens is 132 g/mol. The van der Waals surface area contributed by atoms with Crippen molar-refractivity contribution in [2.24, 2.45) is 9.98 Å². The van der Waals surface area contributed by atoms with E-state index < -0.39 is 0 Å². The fourth-order valence-electron chi connectivity index (χ4n) is 0.806. The highest BCUT2D eigenvalue weighted by atomic mass is 16.5. The second-order valence-corrected chi connectivity index (χ2v) is 1.93. The fourth-order valence-corrected chi connectivity index (χ4v) is 0.806. The van der Waals surface area contributed by atoms with Gasteiger partial charge in [0.2, 0.25) is 5.90 Å². The first-order valence-corrected chi connectivity index (χ1v) is 2.85. The maximum Gasteiger partial charge on any atom is 0.284 e. The summed E-state index contributed by atoms with van der Waals surface area (Å²) in [6.07, 6.45) is 3.21. The predicted octanol–water partition coefficient (Wildman–Crippen LogP) is -0.0900. The van der Waals surface area contributed by atoms with Crippen LogP contribution in [0, 0.1) is 0 Å². The van der Waals surface area contributed by atoms with Crippen LogP contribution in [0.1, 0.15) is 0 Å². The Morgan fingerprint density at radius 3 is 3.40 bits per heavy atom. The Bertz CT molecular complexity index is 275. The van der Waals surface area contributed by atoms with Crippen LogP contribution in [0.5, 0.6) is 0 Å². The summed E-state index contributed by atoms with van der Waals surface area (Å²) >= 11 is 0. The van der Waals surface area contributed by atoms with E-state index in [0.29, 0.717) is 11.6 Å². The lowest BCUT2D eigenvalue weighted by molar-refractivity contribution is -0.120. The van der Waals surface area contributed by atoms with Gasteiger partial charge in [-0.05, 0) is 6.08 Å². The van der Waals surface area contributed by atoms with E-state index in [4.69, 9.17) is 4.74 Å². The van der Waals surface area contributed by atoms with Gasteiger partial charge in [-0.25, -0.2) is 9.98 Å². The molecule has 0 saturated carbocycles. The van der Waals surface area contributed by atoms with Gasteiger partial charge in [-0.15, -0.1) is 0 Å². The fraction of sp³-hybridized carbons (Fsp3) is 0.167. The van der Waals surface area contributed by atoms with Gasteiger partial charge in [0.15, 0.2) is 6.61 Å². The number of carbonyl (C=O) groups excluding carboxylic acids is 1. The van der Waals surface area contributed by atoms with Crippen molar-refractivity contribution < 1.29 is 9.53 Å². The van der Waals surface area contributed by atoms with Crippen LogP contribution in [-0.2, 0) is 9.53 Å². The maximum atomic E-state index is 10.6. The molecule has 2 aliphatic rings. The molecule has 2 heterocycles. The topological polar surface area (TPSA) is 51.0 Å². The molecule has 0 aromatic heterocycles. The molecule has 0 saturated heterocycles. The Hall–Kier alpha value is -1.45. The normalized spacial score (nSPS) is 21.4. The molecule has 0 aromatic rings. The molecule has 0 spiro atoms. The SMILES string of the molecule is O=C1COC2=NC=CC2=N1. The molecule has 0 N–H and O–H groups in total. The van der Waals surface area contributed by atoms with Crippen LogP contribution in [0.3, 0.4) is 0 Å². The van der Waals surface area contributed by atoms with Crippen molar-refractivity contribution in [2.75, 3.05) is 6.61 Å². The first-order chi connectivity index (χ1) is 4.86. The lowest BCUT2D eigenvalue weighted by Crippen LogP contribution is -2.24. The van der Waals surface area contributed by atoms with Gasteiger partial charge >= 0.3 is 0 Å². The Morgan fingerprint density at radius 2 is 2.50 bits per heavy atom. The minimum atomic E-state index is -0.250. The first-order valence-electron chi connectivity index (χ1n) is 2.85. The van der Waals surface area contributed by atoms with E-state index in [0.717, 1.165) is 0 Å². The smallest absolute Gasteiger partial charge is 0.284 e. The van der Waals surface area contributed by atoms with Gasteiger partial charge in [0.25, 0.3) is 5.91 Å². The molecule has 0 aliphatic carbocycles. The Balaban J connectivity index is 2.43. The molecule has 2 aliphatic heterocycles. The van der Waals surface area contributed by atoms with E-state index in [2.05, 4.69) is 9.98 Å². The molecule has 0 unspecified atom stereocenters. The molecule has 0 atom stereocenters. The Morgan fingerprint density at radius 1 is 1.60 bits per heavy atom. The van der Waals surface area contributed by atoms with Crippen molar-refractivity contribution in [3.05, 3.63) is 12.3 Å². The zero-order valence-electron chi connectivity index (χ0n) is 5.07. The number of rotatable bonds is 0. The highest BCUT2D eigenvalue weighted by Gasteiger charge is 2.19. The van der Waals surface area contributed by atoms with Gasteiger partial charge < -0.3 is 4.74 Å². The summed E-state index contributed by atoms with van der Waals surface area (Å²) in [6, 6.07) is 0. The van der Waals surface area contributed by atoms with Crippen LogP contribution >= 0.6 is 0 Å². The van der Waals surface area contributed by atoms with Crippen molar-refractivity contribution in [3.8, 4) is 0 Å². The van der Waals surface area contributed by atoms with E-state index in [9.17, 15) is 4.79 Å². The van der Waals surface area contributed by atoms with Crippen molar-refractivity contribution in [2.45, 2.75) is 0 Å². The third kappa shape index (κ3) is 0.655. The minimum absolute atomic E-state index is 0.0179. The number of amides is 1. The monoisotopic (exact) mass is 136 g/mol. The summed E-state index contributed by atoms with van der Waals surface area (Å²) in [5.41, 5.74) is 0.538. The summed E-state index contributed by atoms with van der Waals surface area (Å²) in [4.78, 5) is 18.1. The number of hydrogen-bond acceptors (Lipinski definition) is 3. The summed E-state index contributed by atoms with van der Waals surface area (Å²) in [7, 11) is 0. The quantitative estimate of drug-likeness (QED) is 0.467. The first kappa shape index (κ1) is 5.34. The number of carbonyl (C=O) groups is 1. The summed E-state index contributed by atoms with van der Waals surface area (Å²) in [5.74, 6) is 0.208. The van der Waals surface area contributed by atoms with Crippen molar-refractivity contribution in [1.82, 2.24) is 0 Å². The van der Waals surface area contributed by atoms with E-state index in [1.54, 1.807) is 12.3 Å². The van der Waals surface area contributed by atoms with Gasteiger partial charge in [0, 0.05) is 6.20 Å². The van der Waals surface area contributed by atoms with E-state index in [1.165, 1.54) is 0 Å². The maximum absolute atomic E-state index is 10.6. The standard InChI is InChI=1S/C6H4N2O2/c9-5-3-10-6-4(8-5)1-2-7-6/h1-2H,3H2. The predicted molar refractivity (Wildman–Crippen MR) is 35.0 cm³/mol. The van der Waals surface area contributed by atoms with Gasteiger partial charge in [-0.2, -0.15) is 0 Å². The zero-order chi connectivity index (χ0) is 6.97. The molecule has 1 amide bonds. The van der Waals surface area contributed by atoms with E-state index in [1.807, 2.05) is 0 Å². The highest BCUT2D eigenvalue weighted by Crippen LogP contribution is 2.04. The lowest BCUT2D eigenvalue weighted by Gasteiger charge is -2.07. The van der Waals surface area contributed by atoms with Crippen LogP contribution in [0.15, 0.2) is 22.3 Å². The molecule has 4 heteroatoms. The Kier molecular flexibility index (Phi) is 0.943. The van der Waals surface area contributed by atoms with Gasteiger partial charge in [0.05, 0.1) is 0 Å². The van der Waals surface area contributed by atoms with Crippen molar-refractivity contribution in [3.63, 3.8) is 0 Å². The lowest BCUT2D eigenvalue weighted by atomic mass is 10.3. The van der Waals surface area contributed by atoms with Crippen molar-refractivity contribution in [1.29, 1.82) is 0 Å². The summed E-state index contributed by atoms with van der Waals surface area (Å²) in [6.45, 7) is 0.0179. The van der Waals surface area contributed by atoms with Crippen LogP contribution in [0.2, 0.25) is 0 Å². The average molecular weight is 136 g/mol. The summed E-state index contributed by atoms with van der Waals surface area (Å²) in [5, 5.41) is 0. The van der Waals surface area contributed by atoms with E-state index >= 15 is 0 Å². The molecule has 4 nitrogen and oxygen atoms in total. The second kappa shape index (κ2) is 1.76. The molecular formula is C6H4N2O2. The molecule has 50 valence electrons. The Labute approximate surface area is 56.9 Å². The van der Waals surface area contributed by atoms with Crippen LogP contribution in [0.4, 0.5) is 0 Å². The molecule has 10 heavy (non-hydrogen) atoms. The number of ether oxygens (including phenoxy) is 1. The van der Waals surface area contributed by atoms with Gasteiger partial charge in [-0.3, -0.25) is 4.79 Å². The average Bonchev–Trinajstić information content (AvgIpc) is 2.33. The largest absolute Gasteiger partial charge is 0.466 e. The third-order valence-electron chi connectivity index (χ3n) is 1.22. The third-order valence-corrected chi connectivity index (χ3v) is 1.22. The number of hydrogen-bond donors (Lipinski definition) is 0. The number of aliphatic imine (C=N–C) groups is 2. The molecule has 0 aromatic carbocycles. The summed E-state index contributed by atoms with van der Waals surface area (Å²) < 4.78 is 4.92. The highest BCUT2D eigenvalue weighted by molar-refractivity contribution is 6.47. The van der Waals surface area contributed by atoms with Gasteiger partial charge in [0.1, 0.15) is 5.71 Å². The molecule has 0 fully saturated rings. The molecule has 0 bridgehead atoms. The second-order valence-electron chi connectivity index (χ2n) is 1.93. The van der Waals surface area contributed by atoms with Gasteiger partial charge in [-0.1, -0.05) is 0 Å². The van der Waals surface area contributed by atoms with Crippen molar-refractivity contribution >= 4 is 17.5 Å². The zero-order valence-corrected chi connectivity index (χ0v) is 5.07. The van der Waals surface area contributed by atoms with Crippen LogP contribution < -0.4 is 0 Å². The van der Waals surface area contributed by atoms with Crippen LogP contribution in [0.25, 0.3) is 0 Å².